The number of aromatic nitrogens is 3. The summed E-state index contributed by atoms with van der Waals surface area (Å²) < 4.78 is 1.79. The molecule has 0 saturated carbocycles. The number of hydrogen-bond acceptors (Lipinski definition) is 4. The number of thioether (sulfide) groups is 1. The minimum atomic E-state index is -1.03. The van der Waals surface area contributed by atoms with Gasteiger partial charge in [0, 0.05) is 11.9 Å². The third-order valence-electron chi connectivity index (χ3n) is 1.91. The molecular formula is C9H8ClN3O2S. The number of halogens is 1. The van der Waals surface area contributed by atoms with Crippen LogP contribution in [0.4, 0.5) is 0 Å². The van der Waals surface area contributed by atoms with Crippen LogP contribution in [0.3, 0.4) is 0 Å². The van der Waals surface area contributed by atoms with Gasteiger partial charge >= 0.3 is 5.97 Å². The molecule has 2 aromatic rings. The molecule has 0 aliphatic heterocycles. The fraction of sp³-hybridized carbons (Fsp3) is 0.222. The first-order valence-corrected chi connectivity index (χ1v) is 5.90. The van der Waals surface area contributed by atoms with E-state index in [0.29, 0.717) is 5.16 Å². The van der Waals surface area contributed by atoms with Gasteiger partial charge in [-0.3, -0.25) is 9.20 Å². The van der Waals surface area contributed by atoms with E-state index in [-0.39, 0.29) is 5.75 Å². The number of hydrogen-bond donors (Lipinski definition) is 1. The van der Waals surface area contributed by atoms with Crippen LogP contribution in [-0.2, 0) is 4.79 Å². The number of pyridine rings is 1. The molecule has 1 N–H and O–H groups in total. The number of nitrogens with zero attached hydrogens (tertiary/aromatic N) is 3. The van der Waals surface area contributed by atoms with Crippen LogP contribution in [0, 0.1) is 0 Å². The quantitative estimate of drug-likeness (QED) is 0.664. The van der Waals surface area contributed by atoms with E-state index in [1.54, 1.807) is 4.40 Å². The lowest BCUT2D eigenvalue weighted by molar-refractivity contribution is -0.136. The molecule has 16 heavy (non-hydrogen) atoms. The van der Waals surface area contributed by atoms with Crippen LogP contribution in [0.15, 0.2) is 29.6 Å². The summed E-state index contributed by atoms with van der Waals surface area (Å²) in [6, 6.07) is 5.54. The first-order valence-electron chi connectivity index (χ1n) is 4.48. The van der Waals surface area contributed by atoms with Crippen molar-refractivity contribution < 1.29 is 9.90 Å². The summed E-state index contributed by atoms with van der Waals surface area (Å²) in [5.74, 6) is -0.768. The minimum absolute atomic E-state index is 0.257. The van der Waals surface area contributed by atoms with E-state index in [4.69, 9.17) is 16.7 Å². The minimum Gasteiger partial charge on any atom is -0.480 e. The number of aliphatic carboxylic acids is 1. The molecule has 7 heteroatoms. The lowest BCUT2D eigenvalue weighted by atomic mass is 10.5. The van der Waals surface area contributed by atoms with Crippen LogP contribution in [0.1, 0.15) is 0 Å². The zero-order valence-corrected chi connectivity index (χ0v) is 9.65. The molecule has 0 radical (unpaired) electrons. The number of carboxylic acids is 1. The molecule has 2 aromatic heterocycles. The second kappa shape index (κ2) is 4.71. The molecule has 0 fully saturated rings. The van der Waals surface area contributed by atoms with Gasteiger partial charge in [0.15, 0.2) is 10.8 Å². The van der Waals surface area contributed by atoms with E-state index in [1.807, 2.05) is 24.4 Å². The Bertz CT molecular complexity index is 516. The van der Waals surface area contributed by atoms with Crippen LogP contribution in [0.2, 0.25) is 0 Å². The van der Waals surface area contributed by atoms with E-state index >= 15 is 0 Å². The Labute approximate surface area is 100 Å². The van der Waals surface area contributed by atoms with Crippen molar-refractivity contribution in [1.82, 2.24) is 14.6 Å². The van der Waals surface area contributed by atoms with Crippen LogP contribution >= 0.6 is 23.4 Å². The van der Waals surface area contributed by atoms with E-state index in [9.17, 15) is 4.79 Å². The highest BCUT2D eigenvalue weighted by atomic mass is 35.5. The Morgan fingerprint density at radius 3 is 3.12 bits per heavy atom. The molecule has 2 heterocycles. The number of carbonyl (C=O) groups is 1. The Morgan fingerprint density at radius 2 is 2.38 bits per heavy atom. The smallest absolute Gasteiger partial charge is 0.322 e. The monoisotopic (exact) mass is 257 g/mol. The standard InChI is InChI=1S/C9H8ClN3O2S/c10-6(8(14)15)5-16-9-12-11-7-3-1-2-4-13(7)9/h1-4,6H,5H2,(H,14,15). The van der Waals surface area contributed by atoms with E-state index in [2.05, 4.69) is 10.2 Å². The maximum Gasteiger partial charge on any atom is 0.322 e. The molecule has 0 amide bonds. The van der Waals surface area contributed by atoms with Gasteiger partial charge in [0.05, 0.1) is 0 Å². The second-order valence-electron chi connectivity index (χ2n) is 3.03. The normalized spacial score (nSPS) is 12.8. The molecule has 2 rings (SSSR count). The molecule has 0 aliphatic rings. The molecule has 84 valence electrons. The summed E-state index contributed by atoms with van der Waals surface area (Å²) in [7, 11) is 0. The molecule has 0 bridgehead atoms. The van der Waals surface area contributed by atoms with Crippen molar-refractivity contribution in [3.63, 3.8) is 0 Å². The molecule has 0 saturated heterocycles. The molecule has 0 aliphatic carbocycles. The van der Waals surface area contributed by atoms with Crippen molar-refractivity contribution in [2.75, 3.05) is 5.75 Å². The predicted molar refractivity (Wildman–Crippen MR) is 61.0 cm³/mol. The lowest BCUT2D eigenvalue weighted by Gasteiger charge is -2.02. The highest BCUT2D eigenvalue weighted by Crippen LogP contribution is 2.19. The summed E-state index contributed by atoms with van der Waals surface area (Å²) in [5, 5.41) is 16.3. The van der Waals surface area contributed by atoms with Gasteiger partial charge in [-0.2, -0.15) is 0 Å². The van der Waals surface area contributed by atoms with E-state index in [0.717, 1.165) is 5.65 Å². The number of alkyl halides is 1. The predicted octanol–water partition coefficient (Wildman–Crippen LogP) is 1.51. The first kappa shape index (κ1) is 11.2. The summed E-state index contributed by atoms with van der Waals surface area (Å²) in [6.45, 7) is 0. The first-order chi connectivity index (χ1) is 7.68. The summed E-state index contributed by atoms with van der Waals surface area (Å²) in [6.07, 6.45) is 1.82. The third-order valence-corrected chi connectivity index (χ3v) is 3.47. The maximum atomic E-state index is 10.5. The van der Waals surface area contributed by atoms with Crippen molar-refractivity contribution in [2.24, 2.45) is 0 Å². The van der Waals surface area contributed by atoms with Gasteiger partial charge in [0.2, 0.25) is 0 Å². The Kier molecular flexibility index (Phi) is 3.31. The van der Waals surface area contributed by atoms with Gasteiger partial charge in [0.25, 0.3) is 0 Å². The fourth-order valence-corrected chi connectivity index (χ4v) is 2.16. The molecule has 0 spiro atoms. The highest BCUT2D eigenvalue weighted by molar-refractivity contribution is 7.99. The zero-order chi connectivity index (χ0) is 11.5. The van der Waals surface area contributed by atoms with Gasteiger partial charge in [-0.15, -0.1) is 21.8 Å². The number of fused-ring (bicyclic) bond motifs is 1. The lowest BCUT2D eigenvalue weighted by Crippen LogP contribution is -2.15. The van der Waals surface area contributed by atoms with Gasteiger partial charge in [-0.1, -0.05) is 17.8 Å². The van der Waals surface area contributed by atoms with Crippen molar-refractivity contribution in [3.05, 3.63) is 24.4 Å². The second-order valence-corrected chi connectivity index (χ2v) is 4.54. The SMILES string of the molecule is O=C(O)C(Cl)CSc1nnc2ccccn12. The van der Waals surface area contributed by atoms with Crippen LogP contribution in [0.25, 0.3) is 5.65 Å². The highest BCUT2D eigenvalue weighted by Gasteiger charge is 2.15. The Morgan fingerprint density at radius 1 is 1.56 bits per heavy atom. The van der Waals surface area contributed by atoms with Gasteiger partial charge < -0.3 is 5.11 Å². The number of rotatable bonds is 4. The average molecular weight is 258 g/mol. The molecule has 5 nitrogen and oxygen atoms in total. The number of carboxylic acid groups (broad SMARTS) is 1. The van der Waals surface area contributed by atoms with E-state index < -0.39 is 11.3 Å². The topological polar surface area (TPSA) is 67.5 Å². The fourth-order valence-electron chi connectivity index (χ4n) is 1.14. The summed E-state index contributed by atoms with van der Waals surface area (Å²) >= 11 is 6.88. The van der Waals surface area contributed by atoms with Crippen LogP contribution < -0.4 is 0 Å². The van der Waals surface area contributed by atoms with Crippen molar-refractivity contribution >= 4 is 35.0 Å². The zero-order valence-electron chi connectivity index (χ0n) is 8.08. The van der Waals surface area contributed by atoms with Gasteiger partial charge in [-0.25, -0.2) is 0 Å². The Hall–Kier alpha value is -1.27. The summed E-state index contributed by atoms with van der Waals surface area (Å²) in [5.41, 5.74) is 0.728. The Balaban J connectivity index is 2.13. The van der Waals surface area contributed by atoms with Gasteiger partial charge in [-0.05, 0) is 12.1 Å². The maximum absolute atomic E-state index is 10.5. The largest absolute Gasteiger partial charge is 0.480 e. The third kappa shape index (κ3) is 2.28. The molecule has 1 unspecified atom stereocenters. The summed E-state index contributed by atoms with van der Waals surface area (Å²) in [4.78, 5) is 10.5. The van der Waals surface area contributed by atoms with E-state index in [1.165, 1.54) is 11.8 Å². The molecule has 0 aromatic carbocycles. The molecule has 1 atom stereocenters. The average Bonchev–Trinajstić information content (AvgIpc) is 2.69. The van der Waals surface area contributed by atoms with Crippen LogP contribution in [-0.4, -0.2) is 36.8 Å². The van der Waals surface area contributed by atoms with Gasteiger partial charge in [0.1, 0.15) is 5.38 Å². The van der Waals surface area contributed by atoms with Crippen LogP contribution in [0.5, 0.6) is 0 Å². The van der Waals surface area contributed by atoms with Crippen molar-refractivity contribution in [2.45, 2.75) is 10.5 Å². The van der Waals surface area contributed by atoms with Crippen molar-refractivity contribution in [1.29, 1.82) is 0 Å². The molecular weight excluding hydrogens is 250 g/mol. The van der Waals surface area contributed by atoms with Crippen molar-refractivity contribution in [3.8, 4) is 0 Å².